The average molecular weight is 336 g/mol. The molecule has 2 heterocycles. The summed E-state index contributed by atoms with van der Waals surface area (Å²) in [6, 6.07) is 11.1. The fraction of sp³-hybridized carbons (Fsp3) is 0.211. The Bertz CT molecular complexity index is 921. The van der Waals surface area contributed by atoms with Gasteiger partial charge in [0.05, 0.1) is 35.8 Å². The third kappa shape index (κ3) is 3.52. The number of aryl methyl sites for hydroxylation is 1. The number of carbonyl (C=O) groups is 1. The summed E-state index contributed by atoms with van der Waals surface area (Å²) in [6.45, 7) is 1.82. The zero-order chi connectivity index (χ0) is 18.0. The summed E-state index contributed by atoms with van der Waals surface area (Å²) in [7, 11) is 5.45. The number of aromatic nitrogens is 2. The maximum Gasteiger partial charge on any atom is 0.257 e. The maximum atomic E-state index is 12.6. The molecule has 0 aliphatic carbocycles. The van der Waals surface area contributed by atoms with E-state index in [1.54, 1.807) is 13.3 Å². The number of ether oxygens (including phenoxy) is 1. The summed E-state index contributed by atoms with van der Waals surface area (Å²) in [6.07, 6.45) is 1.64. The normalized spacial score (nSPS) is 10.6. The second kappa shape index (κ2) is 6.76. The highest BCUT2D eigenvalue weighted by Gasteiger charge is 2.13. The van der Waals surface area contributed by atoms with Crippen molar-refractivity contribution in [3.05, 3.63) is 53.9 Å². The lowest BCUT2D eigenvalue weighted by Gasteiger charge is -2.12. The van der Waals surface area contributed by atoms with Gasteiger partial charge >= 0.3 is 0 Å². The Morgan fingerprint density at radius 1 is 1.16 bits per heavy atom. The lowest BCUT2D eigenvalue weighted by atomic mass is 10.1. The number of carbonyl (C=O) groups excluding carboxylic acids is 1. The van der Waals surface area contributed by atoms with E-state index in [1.807, 2.05) is 62.3 Å². The molecule has 0 spiro atoms. The molecule has 6 heteroatoms. The number of anilines is 2. The fourth-order valence-corrected chi connectivity index (χ4v) is 2.52. The minimum atomic E-state index is -0.206. The van der Waals surface area contributed by atoms with E-state index in [1.165, 1.54) is 0 Å². The van der Waals surface area contributed by atoms with E-state index in [9.17, 15) is 4.79 Å². The number of methoxy groups -OCH3 is 1. The van der Waals surface area contributed by atoms with Crippen LogP contribution < -0.4 is 15.0 Å². The van der Waals surface area contributed by atoms with Crippen LogP contribution in [0.25, 0.3) is 10.9 Å². The van der Waals surface area contributed by atoms with Crippen molar-refractivity contribution in [1.29, 1.82) is 0 Å². The van der Waals surface area contributed by atoms with Gasteiger partial charge in [-0.15, -0.1) is 0 Å². The molecule has 6 nitrogen and oxygen atoms in total. The molecule has 0 saturated carbocycles. The van der Waals surface area contributed by atoms with Crippen LogP contribution in [0.2, 0.25) is 0 Å². The SMILES string of the molecule is COc1ccc2cc(C(=O)Nc3ccc(N(C)C)nc3)c(C)nc2c1. The molecule has 128 valence electrons. The zero-order valence-corrected chi connectivity index (χ0v) is 14.7. The molecule has 0 saturated heterocycles. The molecule has 0 radical (unpaired) electrons. The molecule has 1 N–H and O–H groups in total. The summed E-state index contributed by atoms with van der Waals surface area (Å²) in [4.78, 5) is 23.3. The lowest BCUT2D eigenvalue weighted by Crippen LogP contribution is -2.15. The van der Waals surface area contributed by atoms with Crippen molar-refractivity contribution in [3.63, 3.8) is 0 Å². The van der Waals surface area contributed by atoms with E-state index in [4.69, 9.17) is 4.74 Å². The van der Waals surface area contributed by atoms with E-state index < -0.39 is 0 Å². The average Bonchev–Trinajstić information content (AvgIpc) is 2.60. The van der Waals surface area contributed by atoms with E-state index >= 15 is 0 Å². The van der Waals surface area contributed by atoms with Gasteiger partial charge in [-0.25, -0.2) is 4.98 Å². The molecule has 3 rings (SSSR count). The van der Waals surface area contributed by atoms with Gasteiger partial charge in [0.2, 0.25) is 0 Å². The zero-order valence-electron chi connectivity index (χ0n) is 14.7. The Morgan fingerprint density at radius 3 is 2.60 bits per heavy atom. The van der Waals surface area contributed by atoms with Crippen molar-refractivity contribution in [1.82, 2.24) is 9.97 Å². The van der Waals surface area contributed by atoms with E-state index in [0.29, 0.717) is 16.9 Å². The van der Waals surface area contributed by atoms with Crippen LogP contribution in [0.15, 0.2) is 42.6 Å². The third-order valence-corrected chi connectivity index (χ3v) is 3.92. The van der Waals surface area contributed by atoms with Gasteiger partial charge in [0.15, 0.2) is 0 Å². The number of hydrogen-bond acceptors (Lipinski definition) is 5. The van der Waals surface area contributed by atoms with Gasteiger partial charge in [-0.2, -0.15) is 0 Å². The first-order valence-corrected chi connectivity index (χ1v) is 7.88. The molecular formula is C19H20N4O2. The number of nitrogens with one attached hydrogen (secondary N) is 1. The van der Waals surface area contributed by atoms with Gasteiger partial charge in [0.1, 0.15) is 11.6 Å². The number of fused-ring (bicyclic) bond motifs is 1. The van der Waals surface area contributed by atoms with Gasteiger partial charge in [0.25, 0.3) is 5.91 Å². The Morgan fingerprint density at radius 2 is 1.96 bits per heavy atom. The number of nitrogens with zero attached hydrogens (tertiary/aromatic N) is 3. The van der Waals surface area contributed by atoms with Crippen LogP contribution in [-0.2, 0) is 0 Å². The van der Waals surface area contributed by atoms with Crippen LogP contribution in [-0.4, -0.2) is 37.1 Å². The van der Waals surface area contributed by atoms with Crippen molar-refractivity contribution < 1.29 is 9.53 Å². The first-order valence-electron chi connectivity index (χ1n) is 7.88. The van der Waals surface area contributed by atoms with Gasteiger partial charge in [-0.05, 0) is 37.3 Å². The molecule has 0 aliphatic rings. The van der Waals surface area contributed by atoms with Crippen LogP contribution in [0.4, 0.5) is 11.5 Å². The highest BCUT2D eigenvalue weighted by atomic mass is 16.5. The number of rotatable bonds is 4. The summed E-state index contributed by atoms with van der Waals surface area (Å²) >= 11 is 0. The minimum absolute atomic E-state index is 0.206. The highest BCUT2D eigenvalue weighted by Crippen LogP contribution is 2.22. The topological polar surface area (TPSA) is 67.3 Å². The first kappa shape index (κ1) is 16.7. The molecule has 0 unspecified atom stereocenters. The largest absolute Gasteiger partial charge is 0.497 e. The van der Waals surface area contributed by atoms with Crippen molar-refractivity contribution in [2.75, 3.05) is 31.4 Å². The van der Waals surface area contributed by atoms with E-state index in [0.717, 1.165) is 22.5 Å². The number of amides is 1. The van der Waals surface area contributed by atoms with Gasteiger partial charge in [-0.1, -0.05) is 0 Å². The minimum Gasteiger partial charge on any atom is -0.497 e. The van der Waals surface area contributed by atoms with Crippen LogP contribution >= 0.6 is 0 Å². The second-order valence-electron chi connectivity index (χ2n) is 5.93. The summed E-state index contributed by atoms with van der Waals surface area (Å²) < 4.78 is 5.22. The fourth-order valence-electron chi connectivity index (χ4n) is 2.52. The molecule has 25 heavy (non-hydrogen) atoms. The van der Waals surface area contributed by atoms with Gasteiger partial charge < -0.3 is 15.0 Å². The first-order chi connectivity index (χ1) is 12.0. The highest BCUT2D eigenvalue weighted by molar-refractivity contribution is 6.06. The Kier molecular flexibility index (Phi) is 4.52. The molecule has 1 aromatic carbocycles. The van der Waals surface area contributed by atoms with Gasteiger partial charge in [0, 0.05) is 25.5 Å². The Balaban J connectivity index is 1.87. The predicted molar refractivity (Wildman–Crippen MR) is 99.5 cm³/mol. The van der Waals surface area contributed by atoms with Gasteiger partial charge in [-0.3, -0.25) is 9.78 Å². The van der Waals surface area contributed by atoms with E-state index in [-0.39, 0.29) is 5.91 Å². The van der Waals surface area contributed by atoms with E-state index in [2.05, 4.69) is 15.3 Å². The van der Waals surface area contributed by atoms with Crippen LogP contribution in [0, 0.1) is 6.92 Å². The standard InChI is InChI=1S/C19H20N4O2/c1-12-16(9-13-5-7-15(25-4)10-17(13)21-12)19(24)22-14-6-8-18(20-11-14)23(2)3/h5-11H,1-4H3,(H,22,24). The second-order valence-corrected chi connectivity index (χ2v) is 5.93. The molecular weight excluding hydrogens is 316 g/mol. The Labute approximate surface area is 146 Å². The monoisotopic (exact) mass is 336 g/mol. The summed E-state index contributed by atoms with van der Waals surface area (Å²) in [5.41, 5.74) is 2.64. The van der Waals surface area contributed by atoms with Crippen molar-refractivity contribution >= 4 is 28.3 Å². The molecule has 0 atom stereocenters. The molecule has 3 aromatic rings. The smallest absolute Gasteiger partial charge is 0.257 e. The summed E-state index contributed by atoms with van der Waals surface area (Å²) in [5.74, 6) is 1.36. The van der Waals surface area contributed by atoms with Crippen molar-refractivity contribution in [3.8, 4) is 5.75 Å². The quantitative estimate of drug-likeness (QED) is 0.792. The predicted octanol–water partition coefficient (Wildman–Crippen LogP) is 3.27. The molecule has 0 aliphatic heterocycles. The number of benzene rings is 1. The van der Waals surface area contributed by atoms with Crippen molar-refractivity contribution in [2.24, 2.45) is 0 Å². The van der Waals surface area contributed by atoms with Crippen LogP contribution in [0.1, 0.15) is 16.1 Å². The molecule has 2 aromatic heterocycles. The van der Waals surface area contributed by atoms with Crippen molar-refractivity contribution in [2.45, 2.75) is 6.92 Å². The van der Waals surface area contributed by atoms with Crippen LogP contribution in [0.3, 0.4) is 0 Å². The number of pyridine rings is 2. The molecule has 0 bridgehead atoms. The lowest BCUT2D eigenvalue weighted by molar-refractivity contribution is 0.102. The number of hydrogen-bond donors (Lipinski definition) is 1. The molecule has 0 fully saturated rings. The van der Waals surface area contributed by atoms with Crippen LogP contribution in [0.5, 0.6) is 5.75 Å². The summed E-state index contributed by atoms with van der Waals surface area (Å²) in [5, 5.41) is 3.75. The maximum absolute atomic E-state index is 12.6. The third-order valence-electron chi connectivity index (χ3n) is 3.92. The Hall–Kier alpha value is -3.15. The molecule has 1 amide bonds.